The maximum atomic E-state index is 13.3. The number of nitrogens with two attached hydrogens (primary N) is 1. The van der Waals surface area contributed by atoms with Crippen LogP contribution in [0, 0.1) is 5.82 Å². The second-order valence-electron chi connectivity index (χ2n) is 2.84. The fourth-order valence-electron chi connectivity index (χ4n) is 1.18. The second kappa shape index (κ2) is 4.41. The summed E-state index contributed by atoms with van der Waals surface area (Å²) in [5.74, 6) is -1.72. The summed E-state index contributed by atoms with van der Waals surface area (Å²) in [7, 11) is 0. The molecule has 0 fully saturated rings. The van der Waals surface area contributed by atoms with E-state index >= 15 is 0 Å². The third-order valence-electron chi connectivity index (χ3n) is 1.90. The van der Waals surface area contributed by atoms with Gasteiger partial charge in [0.05, 0.1) is 5.57 Å². The molecule has 0 unspecified atom stereocenters. The van der Waals surface area contributed by atoms with Crippen molar-refractivity contribution < 1.29 is 14.3 Å². The average Bonchev–Trinajstić information content (AvgIpc) is 2.20. The molecule has 1 rings (SSSR count). The van der Waals surface area contributed by atoms with Gasteiger partial charge in [-0.3, -0.25) is 0 Å². The van der Waals surface area contributed by atoms with Crippen LogP contribution in [-0.2, 0) is 4.79 Å². The standard InChI is InChI=1S/C11H10FNO2/c1-7(11(14)15)8-3-2-4-10(12)9(8)5-6-13/h2-6H,1,13H2,(H,14,15)/b6-5-. The van der Waals surface area contributed by atoms with Crippen molar-refractivity contribution >= 4 is 17.6 Å². The summed E-state index contributed by atoms with van der Waals surface area (Å²) in [5, 5.41) is 8.74. The minimum absolute atomic E-state index is 0.132. The van der Waals surface area contributed by atoms with E-state index in [1.807, 2.05) is 0 Å². The van der Waals surface area contributed by atoms with Gasteiger partial charge in [-0.2, -0.15) is 0 Å². The third-order valence-corrected chi connectivity index (χ3v) is 1.90. The molecule has 0 spiro atoms. The fourth-order valence-corrected chi connectivity index (χ4v) is 1.18. The van der Waals surface area contributed by atoms with Crippen molar-refractivity contribution in [1.29, 1.82) is 0 Å². The summed E-state index contributed by atoms with van der Waals surface area (Å²) in [6.07, 6.45) is 2.45. The predicted octanol–water partition coefficient (Wildman–Crippen LogP) is 1.85. The Morgan fingerprint density at radius 3 is 2.73 bits per heavy atom. The maximum absolute atomic E-state index is 13.3. The fraction of sp³-hybridized carbons (Fsp3) is 0. The van der Waals surface area contributed by atoms with Crippen LogP contribution in [0.5, 0.6) is 0 Å². The van der Waals surface area contributed by atoms with Crippen LogP contribution >= 0.6 is 0 Å². The zero-order chi connectivity index (χ0) is 11.4. The van der Waals surface area contributed by atoms with Crippen molar-refractivity contribution in [3.63, 3.8) is 0 Å². The van der Waals surface area contributed by atoms with Gasteiger partial charge >= 0.3 is 5.97 Å². The largest absolute Gasteiger partial charge is 0.478 e. The Kier molecular flexibility index (Phi) is 3.23. The number of carbonyl (C=O) groups is 1. The Labute approximate surface area is 86.3 Å². The van der Waals surface area contributed by atoms with Gasteiger partial charge in [0.25, 0.3) is 0 Å². The molecule has 0 aliphatic carbocycles. The lowest BCUT2D eigenvalue weighted by atomic mass is 10.0. The van der Waals surface area contributed by atoms with Crippen LogP contribution in [-0.4, -0.2) is 11.1 Å². The molecule has 0 saturated carbocycles. The van der Waals surface area contributed by atoms with E-state index in [4.69, 9.17) is 10.8 Å². The van der Waals surface area contributed by atoms with Gasteiger partial charge in [0.15, 0.2) is 0 Å². The molecule has 0 bridgehead atoms. The third kappa shape index (κ3) is 2.22. The first-order chi connectivity index (χ1) is 7.07. The molecule has 3 nitrogen and oxygen atoms in total. The number of halogens is 1. The monoisotopic (exact) mass is 207 g/mol. The van der Waals surface area contributed by atoms with Crippen molar-refractivity contribution in [3.8, 4) is 0 Å². The Hall–Kier alpha value is -2.10. The van der Waals surface area contributed by atoms with E-state index in [1.165, 1.54) is 24.3 Å². The van der Waals surface area contributed by atoms with Gasteiger partial charge in [0, 0.05) is 5.56 Å². The number of carboxylic acid groups (broad SMARTS) is 1. The normalized spacial score (nSPS) is 10.5. The highest BCUT2D eigenvalue weighted by Gasteiger charge is 2.13. The molecule has 1 aromatic carbocycles. The molecule has 4 heteroatoms. The maximum Gasteiger partial charge on any atom is 0.335 e. The lowest BCUT2D eigenvalue weighted by Gasteiger charge is -2.06. The number of rotatable bonds is 3. The molecule has 78 valence electrons. The Balaban J connectivity index is 3.35. The van der Waals surface area contributed by atoms with Crippen molar-refractivity contribution in [1.82, 2.24) is 0 Å². The number of aliphatic carboxylic acids is 1. The molecule has 0 heterocycles. The van der Waals surface area contributed by atoms with E-state index in [1.54, 1.807) is 0 Å². The van der Waals surface area contributed by atoms with Gasteiger partial charge in [-0.05, 0) is 23.9 Å². The van der Waals surface area contributed by atoms with Gasteiger partial charge in [0.2, 0.25) is 0 Å². The molecule has 0 radical (unpaired) electrons. The quantitative estimate of drug-likeness (QED) is 0.743. The van der Waals surface area contributed by atoms with E-state index in [2.05, 4.69) is 6.58 Å². The molecule has 3 N–H and O–H groups in total. The van der Waals surface area contributed by atoms with E-state index in [0.29, 0.717) is 0 Å². The SMILES string of the molecule is C=C(C(=O)O)c1cccc(F)c1/C=C\N. The summed E-state index contributed by atoms with van der Waals surface area (Å²) in [6.45, 7) is 3.37. The van der Waals surface area contributed by atoms with Crippen LogP contribution in [0.25, 0.3) is 11.6 Å². The van der Waals surface area contributed by atoms with Crippen molar-refractivity contribution in [2.24, 2.45) is 5.73 Å². The zero-order valence-electron chi connectivity index (χ0n) is 7.90. The lowest BCUT2D eigenvalue weighted by Crippen LogP contribution is -2.01. The highest BCUT2D eigenvalue weighted by Crippen LogP contribution is 2.21. The molecule has 0 aliphatic rings. The van der Waals surface area contributed by atoms with Gasteiger partial charge in [-0.25, -0.2) is 9.18 Å². The molecular weight excluding hydrogens is 197 g/mol. The number of benzene rings is 1. The summed E-state index contributed by atoms with van der Waals surface area (Å²) in [5.41, 5.74) is 5.34. The van der Waals surface area contributed by atoms with E-state index in [9.17, 15) is 9.18 Å². The Bertz CT molecular complexity index is 438. The van der Waals surface area contributed by atoms with E-state index in [0.717, 1.165) is 6.20 Å². The molecule has 0 aromatic heterocycles. The smallest absolute Gasteiger partial charge is 0.335 e. The van der Waals surface area contributed by atoms with Gasteiger partial charge in [-0.1, -0.05) is 18.7 Å². The van der Waals surface area contributed by atoms with Gasteiger partial charge < -0.3 is 10.8 Å². The molecular formula is C11H10FNO2. The highest BCUT2D eigenvalue weighted by molar-refractivity contribution is 6.15. The number of hydrogen-bond acceptors (Lipinski definition) is 2. The Morgan fingerprint density at radius 2 is 2.20 bits per heavy atom. The van der Waals surface area contributed by atoms with Crippen molar-refractivity contribution in [2.45, 2.75) is 0 Å². The summed E-state index contributed by atoms with van der Waals surface area (Å²) in [6, 6.07) is 4.13. The van der Waals surface area contributed by atoms with Crippen molar-refractivity contribution in [3.05, 3.63) is 47.9 Å². The molecule has 0 atom stereocenters. The van der Waals surface area contributed by atoms with Gasteiger partial charge in [-0.15, -0.1) is 0 Å². The molecule has 0 amide bonds. The molecule has 1 aromatic rings. The highest BCUT2D eigenvalue weighted by atomic mass is 19.1. The first-order valence-electron chi connectivity index (χ1n) is 4.17. The average molecular weight is 207 g/mol. The van der Waals surface area contributed by atoms with Gasteiger partial charge in [0.1, 0.15) is 5.82 Å². The predicted molar refractivity (Wildman–Crippen MR) is 56.3 cm³/mol. The topological polar surface area (TPSA) is 63.3 Å². The number of hydrogen-bond donors (Lipinski definition) is 2. The Morgan fingerprint density at radius 1 is 1.53 bits per heavy atom. The zero-order valence-corrected chi connectivity index (χ0v) is 7.90. The first-order valence-corrected chi connectivity index (χ1v) is 4.17. The first kappa shape index (κ1) is 11.0. The molecule has 0 aliphatic heterocycles. The second-order valence-corrected chi connectivity index (χ2v) is 2.84. The van der Waals surface area contributed by atoms with Crippen LogP contribution in [0.2, 0.25) is 0 Å². The minimum Gasteiger partial charge on any atom is -0.478 e. The summed E-state index contributed by atoms with van der Waals surface area (Å²) >= 11 is 0. The summed E-state index contributed by atoms with van der Waals surface area (Å²) < 4.78 is 13.3. The number of carboxylic acids is 1. The van der Waals surface area contributed by atoms with Crippen LogP contribution < -0.4 is 5.73 Å². The van der Waals surface area contributed by atoms with Crippen LogP contribution in [0.1, 0.15) is 11.1 Å². The van der Waals surface area contributed by atoms with E-state index < -0.39 is 11.8 Å². The van der Waals surface area contributed by atoms with E-state index in [-0.39, 0.29) is 16.7 Å². The summed E-state index contributed by atoms with van der Waals surface area (Å²) in [4.78, 5) is 10.7. The minimum atomic E-state index is -1.19. The molecule has 0 saturated heterocycles. The van der Waals surface area contributed by atoms with Crippen LogP contribution in [0.15, 0.2) is 31.0 Å². The van der Waals surface area contributed by atoms with Crippen LogP contribution in [0.4, 0.5) is 4.39 Å². The molecule has 15 heavy (non-hydrogen) atoms. The lowest BCUT2D eigenvalue weighted by molar-refractivity contribution is -0.130. The van der Waals surface area contributed by atoms with Crippen molar-refractivity contribution in [2.75, 3.05) is 0 Å². The van der Waals surface area contributed by atoms with Crippen LogP contribution in [0.3, 0.4) is 0 Å².